The smallest absolute Gasteiger partial charge is 0.340 e. The molecule has 11 heteroatoms. The maximum Gasteiger partial charge on any atom is 0.340 e. The van der Waals surface area contributed by atoms with Crippen molar-refractivity contribution in [2.75, 3.05) is 7.05 Å². The van der Waals surface area contributed by atoms with E-state index in [0.717, 1.165) is 11.1 Å². The summed E-state index contributed by atoms with van der Waals surface area (Å²) in [4.78, 5) is 34.6. The van der Waals surface area contributed by atoms with E-state index in [1.807, 2.05) is 9.82 Å². The highest BCUT2D eigenvalue weighted by Gasteiger charge is 2.39. The summed E-state index contributed by atoms with van der Waals surface area (Å²) in [6, 6.07) is -1.25. The molecule has 2 amide bonds. The number of carboxylic acids is 1. The molecule has 2 rings (SSSR count). The van der Waals surface area contributed by atoms with E-state index in [-0.39, 0.29) is 6.42 Å². The lowest BCUT2D eigenvalue weighted by molar-refractivity contribution is -0.137. The van der Waals surface area contributed by atoms with E-state index < -0.39 is 44.4 Å². The van der Waals surface area contributed by atoms with Gasteiger partial charge < -0.3 is 5.11 Å². The van der Waals surface area contributed by atoms with Crippen LogP contribution in [0.15, 0.2) is 11.2 Å². The number of carbonyl (C=O) groups excluding carboxylic acids is 2. The number of carbonyl (C=O) groups is 3. The van der Waals surface area contributed by atoms with Crippen molar-refractivity contribution in [2.24, 2.45) is 0 Å². The molecule has 0 radical (unpaired) electrons. The van der Waals surface area contributed by atoms with Gasteiger partial charge in [0, 0.05) is 7.05 Å². The summed E-state index contributed by atoms with van der Waals surface area (Å²) in [6.45, 7) is 0. The number of carboxylic acid groups (broad SMARTS) is 1. The van der Waals surface area contributed by atoms with E-state index >= 15 is 0 Å². The second kappa shape index (κ2) is 4.68. The van der Waals surface area contributed by atoms with E-state index in [1.165, 1.54) is 7.05 Å². The number of H-pyrrole nitrogens is 1. The molecule has 2 heterocycles. The van der Waals surface area contributed by atoms with Gasteiger partial charge in [0.25, 0.3) is 10.0 Å². The normalized spacial score (nSPS) is 19.6. The zero-order valence-electron chi connectivity index (χ0n) is 10.2. The molecule has 0 spiro atoms. The van der Waals surface area contributed by atoms with Crippen LogP contribution >= 0.6 is 0 Å². The second-order valence-electron chi connectivity index (χ2n) is 4.09. The van der Waals surface area contributed by atoms with Crippen LogP contribution < -0.4 is 4.72 Å². The van der Waals surface area contributed by atoms with Gasteiger partial charge in [0.2, 0.25) is 11.8 Å². The molecule has 3 N–H and O–H groups in total. The number of aromatic amines is 1. The van der Waals surface area contributed by atoms with Crippen molar-refractivity contribution in [3.8, 4) is 0 Å². The topological polar surface area (TPSA) is 150 Å². The van der Waals surface area contributed by atoms with Crippen LogP contribution in [0.3, 0.4) is 0 Å². The van der Waals surface area contributed by atoms with E-state index in [9.17, 15) is 22.8 Å². The quantitative estimate of drug-likeness (QED) is 0.552. The lowest BCUT2D eigenvalue weighted by Crippen LogP contribution is -2.41. The summed E-state index contributed by atoms with van der Waals surface area (Å²) in [6.07, 6.45) is 0.524. The van der Waals surface area contributed by atoms with Gasteiger partial charge in [-0.15, -0.1) is 0 Å². The first kappa shape index (κ1) is 14.1. The van der Waals surface area contributed by atoms with Crippen LogP contribution in [0.2, 0.25) is 0 Å². The fourth-order valence-electron chi connectivity index (χ4n) is 1.73. The number of hydrogen-bond acceptors (Lipinski definition) is 6. The van der Waals surface area contributed by atoms with Crippen molar-refractivity contribution in [2.45, 2.75) is 17.5 Å². The minimum absolute atomic E-state index is 0.314. The van der Waals surface area contributed by atoms with Gasteiger partial charge >= 0.3 is 5.97 Å². The third-order valence-corrected chi connectivity index (χ3v) is 4.23. The van der Waals surface area contributed by atoms with Crippen molar-refractivity contribution in [3.63, 3.8) is 0 Å². The van der Waals surface area contributed by atoms with Crippen LogP contribution in [0.5, 0.6) is 0 Å². The van der Waals surface area contributed by atoms with Gasteiger partial charge in [-0.05, 0) is 0 Å². The molecule has 0 saturated carbocycles. The first-order valence-electron chi connectivity index (χ1n) is 5.33. The van der Waals surface area contributed by atoms with Gasteiger partial charge in [0.1, 0.15) is 11.6 Å². The molecule has 0 aromatic carbocycles. The van der Waals surface area contributed by atoms with Gasteiger partial charge in [0.05, 0.1) is 12.6 Å². The summed E-state index contributed by atoms with van der Waals surface area (Å²) in [7, 11) is -3.07. The minimum Gasteiger partial charge on any atom is -0.478 e. The number of likely N-dealkylation sites (tertiary alicyclic amines) is 1. The molecule has 1 saturated heterocycles. The molecule has 1 atom stereocenters. The molecule has 1 aromatic rings. The average Bonchev–Trinajstić information content (AvgIpc) is 2.92. The summed E-state index contributed by atoms with van der Waals surface area (Å²) < 4.78 is 26.0. The summed E-state index contributed by atoms with van der Waals surface area (Å²) >= 11 is 0. The molecular weight excluding hydrogens is 292 g/mol. The highest BCUT2D eigenvalue weighted by Crippen LogP contribution is 2.16. The first-order chi connectivity index (χ1) is 9.24. The Bertz CT molecular complexity index is 693. The van der Waals surface area contributed by atoms with Crippen molar-refractivity contribution < 1.29 is 27.9 Å². The third-order valence-electron chi connectivity index (χ3n) is 2.78. The van der Waals surface area contributed by atoms with Crippen molar-refractivity contribution in [1.29, 1.82) is 0 Å². The lowest BCUT2D eigenvalue weighted by Gasteiger charge is -2.10. The Kier molecular flexibility index (Phi) is 3.31. The van der Waals surface area contributed by atoms with Gasteiger partial charge in [-0.3, -0.25) is 19.6 Å². The SMILES string of the molecule is CN1C(=O)CC(NS(=O)(=O)c2[nH]ncc2C(=O)O)C1=O. The molecule has 1 aromatic heterocycles. The number of likely N-dealkylation sites (N-methyl/N-ethyl adjacent to an activating group) is 1. The molecule has 108 valence electrons. The molecule has 1 unspecified atom stereocenters. The van der Waals surface area contributed by atoms with E-state index in [0.29, 0.717) is 0 Å². The molecule has 0 bridgehead atoms. The lowest BCUT2D eigenvalue weighted by atomic mass is 10.3. The monoisotopic (exact) mass is 302 g/mol. The summed E-state index contributed by atoms with van der Waals surface area (Å²) in [5.74, 6) is -2.70. The Labute approximate surface area is 112 Å². The van der Waals surface area contributed by atoms with Crippen LogP contribution in [0.25, 0.3) is 0 Å². The molecule has 1 fully saturated rings. The Morgan fingerprint density at radius 2 is 2.20 bits per heavy atom. The molecule has 0 aliphatic carbocycles. The standard InChI is InChI=1S/C9H10N4O6S/c1-13-6(14)2-5(8(13)15)12-20(18,19)7-4(9(16)17)3-10-11-7/h3,5,12H,2H2,1H3,(H,10,11)(H,16,17). The maximum absolute atomic E-state index is 12.0. The second-order valence-corrected chi connectivity index (χ2v) is 5.74. The van der Waals surface area contributed by atoms with Gasteiger partial charge in [-0.1, -0.05) is 0 Å². The highest BCUT2D eigenvalue weighted by atomic mass is 32.2. The van der Waals surface area contributed by atoms with Crippen molar-refractivity contribution in [1.82, 2.24) is 19.8 Å². The third kappa shape index (κ3) is 2.28. The zero-order valence-corrected chi connectivity index (χ0v) is 11.0. The number of nitrogens with zero attached hydrogens (tertiary/aromatic N) is 2. The average molecular weight is 302 g/mol. The number of nitrogens with one attached hydrogen (secondary N) is 2. The van der Waals surface area contributed by atoms with Crippen LogP contribution in [-0.4, -0.2) is 59.5 Å². The Hall–Kier alpha value is -2.27. The largest absolute Gasteiger partial charge is 0.478 e. The van der Waals surface area contributed by atoms with Gasteiger partial charge in [-0.25, -0.2) is 13.2 Å². The zero-order chi connectivity index (χ0) is 15.1. The van der Waals surface area contributed by atoms with Crippen LogP contribution in [-0.2, 0) is 19.6 Å². The van der Waals surface area contributed by atoms with Crippen LogP contribution in [0.4, 0.5) is 0 Å². The summed E-state index contributed by atoms with van der Waals surface area (Å²) in [5, 5.41) is 13.6. The van der Waals surface area contributed by atoms with Crippen LogP contribution in [0.1, 0.15) is 16.8 Å². The maximum atomic E-state index is 12.0. The number of aromatic carboxylic acids is 1. The van der Waals surface area contributed by atoms with Gasteiger partial charge in [0.15, 0.2) is 5.03 Å². The first-order valence-corrected chi connectivity index (χ1v) is 6.81. The minimum atomic E-state index is -4.30. The van der Waals surface area contributed by atoms with Crippen molar-refractivity contribution in [3.05, 3.63) is 11.8 Å². The number of hydrogen-bond donors (Lipinski definition) is 3. The fourth-order valence-corrected chi connectivity index (χ4v) is 3.00. The van der Waals surface area contributed by atoms with E-state index in [4.69, 9.17) is 5.11 Å². The predicted octanol–water partition coefficient (Wildman–Crippen LogP) is -1.86. The number of sulfonamides is 1. The Morgan fingerprint density at radius 3 is 2.70 bits per heavy atom. The van der Waals surface area contributed by atoms with Crippen molar-refractivity contribution >= 4 is 27.8 Å². The van der Waals surface area contributed by atoms with E-state index in [1.54, 1.807) is 0 Å². The Morgan fingerprint density at radius 1 is 1.55 bits per heavy atom. The highest BCUT2D eigenvalue weighted by molar-refractivity contribution is 7.89. The number of rotatable bonds is 4. The number of imide groups is 1. The van der Waals surface area contributed by atoms with E-state index in [2.05, 4.69) is 5.10 Å². The number of aromatic nitrogens is 2. The molecule has 20 heavy (non-hydrogen) atoms. The summed E-state index contributed by atoms with van der Waals surface area (Å²) in [5.41, 5.74) is -0.553. The molecule has 1 aliphatic heterocycles. The fraction of sp³-hybridized carbons (Fsp3) is 0.333. The number of amides is 2. The molecular formula is C9H10N4O6S. The molecule has 10 nitrogen and oxygen atoms in total. The predicted molar refractivity (Wildman–Crippen MR) is 62.1 cm³/mol. The van der Waals surface area contributed by atoms with Crippen LogP contribution in [0, 0.1) is 0 Å². The Balaban J connectivity index is 2.29. The van der Waals surface area contributed by atoms with Gasteiger partial charge in [-0.2, -0.15) is 9.82 Å². The molecule has 1 aliphatic rings.